The summed E-state index contributed by atoms with van der Waals surface area (Å²) >= 11 is 0. The lowest BCUT2D eigenvalue weighted by Gasteiger charge is -2.31. The van der Waals surface area contributed by atoms with Crippen LogP contribution in [0, 0.1) is 16.0 Å². The van der Waals surface area contributed by atoms with Gasteiger partial charge in [0.15, 0.2) is 0 Å². The highest BCUT2D eigenvalue weighted by atomic mass is 16.6. The molecule has 1 aromatic rings. The van der Waals surface area contributed by atoms with Gasteiger partial charge in [-0.3, -0.25) is 19.7 Å². The molecule has 3 N–H and O–H groups in total. The number of hydrogen-bond acceptors (Lipinski definition) is 8. The third-order valence-electron chi connectivity index (χ3n) is 3.97. The fourth-order valence-electron chi connectivity index (χ4n) is 2.85. The Balaban J connectivity index is 2.60. The molecule has 2 unspecified atom stereocenters. The SMILES string of the molecule is CCOC(=O)C1=C(N)NC(=O)C(C(=O)OCC)C1c1ccc([N+](=O)[O-])cc1. The lowest BCUT2D eigenvalue weighted by atomic mass is 9.77. The predicted octanol–water partition coefficient (Wildman–Crippen LogP) is 0.721. The van der Waals surface area contributed by atoms with Gasteiger partial charge in [0.2, 0.25) is 5.91 Å². The van der Waals surface area contributed by atoms with Gasteiger partial charge in [-0.05, 0) is 19.4 Å². The molecule has 10 nitrogen and oxygen atoms in total. The number of hydrogen-bond donors (Lipinski definition) is 2. The Morgan fingerprint density at radius 2 is 1.78 bits per heavy atom. The number of benzene rings is 1. The lowest BCUT2D eigenvalue weighted by Crippen LogP contribution is -2.48. The minimum absolute atomic E-state index is 0.0313. The van der Waals surface area contributed by atoms with Crippen molar-refractivity contribution in [2.45, 2.75) is 19.8 Å². The number of nitro groups is 1. The number of amides is 1. The van der Waals surface area contributed by atoms with E-state index >= 15 is 0 Å². The van der Waals surface area contributed by atoms with Crippen LogP contribution in [-0.4, -0.2) is 36.0 Å². The third kappa shape index (κ3) is 4.05. The van der Waals surface area contributed by atoms with Gasteiger partial charge in [0.25, 0.3) is 5.69 Å². The molecule has 0 aliphatic carbocycles. The van der Waals surface area contributed by atoms with Crippen molar-refractivity contribution < 1.29 is 28.8 Å². The molecule has 1 heterocycles. The fourth-order valence-corrected chi connectivity index (χ4v) is 2.85. The maximum absolute atomic E-state index is 12.4. The number of ether oxygens (including phenoxy) is 2. The molecule has 0 spiro atoms. The fraction of sp³-hybridized carbons (Fsp3) is 0.353. The molecule has 0 saturated heterocycles. The van der Waals surface area contributed by atoms with Gasteiger partial charge in [0.1, 0.15) is 11.7 Å². The summed E-state index contributed by atoms with van der Waals surface area (Å²) in [5.74, 6) is -5.10. The van der Waals surface area contributed by atoms with E-state index < -0.39 is 34.6 Å². The Hall–Kier alpha value is -3.43. The molecule has 144 valence electrons. The molecule has 1 amide bonds. The van der Waals surface area contributed by atoms with Crippen LogP contribution in [0.2, 0.25) is 0 Å². The van der Waals surface area contributed by atoms with Crippen LogP contribution < -0.4 is 11.1 Å². The van der Waals surface area contributed by atoms with Crippen molar-refractivity contribution >= 4 is 23.5 Å². The van der Waals surface area contributed by atoms with Crippen LogP contribution in [0.1, 0.15) is 25.3 Å². The predicted molar refractivity (Wildman–Crippen MR) is 91.9 cm³/mol. The summed E-state index contributed by atoms with van der Waals surface area (Å²) in [5, 5.41) is 13.2. The first-order valence-electron chi connectivity index (χ1n) is 8.20. The summed E-state index contributed by atoms with van der Waals surface area (Å²) in [6.45, 7) is 3.26. The maximum Gasteiger partial charge on any atom is 0.338 e. The van der Waals surface area contributed by atoms with E-state index in [-0.39, 0.29) is 30.3 Å². The van der Waals surface area contributed by atoms with E-state index in [0.717, 1.165) is 0 Å². The first-order chi connectivity index (χ1) is 12.8. The number of non-ortho nitro benzene ring substituents is 1. The largest absolute Gasteiger partial charge is 0.465 e. The molecule has 0 fully saturated rings. The monoisotopic (exact) mass is 377 g/mol. The van der Waals surface area contributed by atoms with Crippen LogP contribution in [0.15, 0.2) is 35.7 Å². The van der Waals surface area contributed by atoms with Gasteiger partial charge in [-0.2, -0.15) is 0 Å². The molecule has 1 aliphatic rings. The van der Waals surface area contributed by atoms with Gasteiger partial charge in [0.05, 0.1) is 23.7 Å². The van der Waals surface area contributed by atoms with Crippen LogP contribution >= 0.6 is 0 Å². The summed E-state index contributed by atoms with van der Waals surface area (Å²) in [7, 11) is 0. The molecule has 1 aromatic carbocycles. The van der Waals surface area contributed by atoms with E-state index in [4.69, 9.17) is 15.2 Å². The Morgan fingerprint density at radius 3 is 2.30 bits per heavy atom. The quantitative estimate of drug-likeness (QED) is 0.318. The van der Waals surface area contributed by atoms with Crippen molar-refractivity contribution in [2.24, 2.45) is 11.7 Å². The number of nitrogens with two attached hydrogens (primary N) is 1. The summed E-state index contributed by atoms with van der Waals surface area (Å²) in [5.41, 5.74) is 5.86. The maximum atomic E-state index is 12.4. The second kappa shape index (κ2) is 8.30. The van der Waals surface area contributed by atoms with Gasteiger partial charge >= 0.3 is 11.9 Å². The summed E-state index contributed by atoms with van der Waals surface area (Å²) in [6, 6.07) is 5.15. The van der Waals surface area contributed by atoms with Crippen molar-refractivity contribution in [1.29, 1.82) is 0 Å². The van der Waals surface area contributed by atoms with E-state index in [9.17, 15) is 24.5 Å². The summed E-state index contributed by atoms with van der Waals surface area (Å²) in [6.07, 6.45) is 0. The molecule has 10 heteroatoms. The van der Waals surface area contributed by atoms with Crippen LogP contribution in [-0.2, 0) is 23.9 Å². The molecule has 2 atom stereocenters. The Kier molecular flexibility index (Phi) is 6.11. The molecule has 0 saturated carbocycles. The summed E-state index contributed by atoms with van der Waals surface area (Å²) < 4.78 is 9.97. The van der Waals surface area contributed by atoms with E-state index in [0.29, 0.717) is 5.56 Å². The minimum atomic E-state index is -1.39. The van der Waals surface area contributed by atoms with Gasteiger partial charge in [-0.25, -0.2) is 4.79 Å². The van der Waals surface area contributed by atoms with Gasteiger partial charge in [-0.15, -0.1) is 0 Å². The van der Waals surface area contributed by atoms with Crippen molar-refractivity contribution in [3.05, 3.63) is 51.3 Å². The molecule has 1 aliphatic heterocycles. The topological polar surface area (TPSA) is 151 Å². The number of nitro benzene ring substituents is 1. The Bertz CT molecular complexity index is 801. The molecule has 27 heavy (non-hydrogen) atoms. The van der Waals surface area contributed by atoms with E-state index in [1.165, 1.54) is 24.3 Å². The average molecular weight is 377 g/mol. The number of nitrogens with one attached hydrogen (secondary N) is 1. The lowest BCUT2D eigenvalue weighted by molar-refractivity contribution is -0.384. The highest BCUT2D eigenvalue weighted by Gasteiger charge is 2.46. The molecule has 0 radical (unpaired) electrons. The van der Waals surface area contributed by atoms with Crippen molar-refractivity contribution in [1.82, 2.24) is 5.32 Å². The van der Waals surface area contributed by atoms with E-state index in [2.05, 4.69) is 5.32 Å². The highest BCUT2D eigenvalue weighted by Crippen LogP contribution is 2.38. The third-order valence-corrected chi connectivity index (χ3v) is 3.97. The highest BCUT2D eigenvalue weighted by molar-refractivity contribution is 6.05. The molecular weight excluding hydrogens is 358 g/mol. The first kappa shape index (κ1) is 19.9. The first-order valence-corrected chi connectivity index (χ1v) is 8.20. The number of nitrogens with zero attached hydrogens (tertiary/aromatic N) is 1. The van der Waals surface area contributed by atoms with Gasteiger partial charge in [0, 0.05) is 18.1 Å². The van der Waals surface area contributed by atoms with Crippen molar-refractivity contribution in [3.63, 3.8) is 0 Å². The Morgan fingerprint density at radius 1 is 1.19 bits per heavy atom. The number of carbonyl (C=O) groups excluding carboxylic acids is 3. The second-order valence-electron chi connectivity index (χ2n) is 5.59. The second-order valence-corrected chi connectivity index (χ2v) is 5.59. The number of rotatable bonds is 6. The number of esters is 2. The van der Waals surface area contributed by atoms with Crippen LogP contribution in [0.25, 0.3) is 0 Å². The molecule has 0 bridgehead atoms. The van der Waals surface area contributed by atoms with E-state index in [1.54, 1.807) is 13.8 Å². The summed E-state index contributed by atoms with van der Waals surface area (Å²) in [4.78, 5) is 47.5. The average Bonchev–Trinajstić information content (AvgIpc) is 2.61. The van der Waals surface area contributed by atoms with Crippen LogP contribution in [0.5, 0.6) is 0 Å². The zero-order chi connectivity index (χ0) is 20.1. The molecule has 2 rings (SSSR count). The normalized spacial score (nSPS) is 19.3. The van der Waals surface area contributed by atoms with Gasteiger partial charge in [-0.1, -0.05) is 12.1 Å². The van der Waals surface area contributed by atoms with Crippen molar-refractivity contribution in [3.8, 4) is 0 Å². The van der Waals surface area contributed by atoms with Crippen LogP contribution in [0.3, 0.4) is 0 Å². The Labute approximate surface area is 154 Å². The zero-order valence-corrected chi connectivity index (χ0v) is 14.8. The van der Waals surface area contributed by atoms with Crippen molar-refractivity contribution in [2.75, 3.05) is 13.2 Å². The van der Waals surface area contributed by atoms with E-state index in [1.807, 2.05) is 0 Å². The molecular formula is C17H19N3O7. The smallest absolute Gasteiger partial charge is 0.338 e. The standard InChI is InChI=1S/C17H19N3O7/c1-3-26-16(22)12-11(9-5-7-10(8-6-9)20(24)25)13(17(23)27-4-2)15(21)19-14(12)18/h5-8,11,13H,3-4,18H2,1-2H3,(H,19,21). The van der Waals surface area contributed by atoms with Crippen LogP contribution in [0.4, 0.5) is 5.69 Å². The zero-order valence-electron chi connectivity index (χ0n) is 14.8. The number of carbonyl (C=O) groups is 3. The minimum Gasteiger partial charge on any atom is -0.465 e. The molecule has 0 aromatic heterocycles. The van der Waals surface area contributed by atoms with Gasteiger partial charge < -0.3 is 20.5 Å².